The van der Waals surface area contributed by atoms with Gasteiger partial charge in [-0.1, -0.05) is 12.1 Å². The summed E-state index contributed by atoms with van der Waals surface area (Å²) in [5.74, 6) is 0.596. The summed E-state index contributed by atoms with van der Waals surface area (Å²) in [5.41, 5.74) is 1.21. The van der Waals surface area contributed by atoms with Crippen molar-refractivity contribution in [2.45, 2.75) is 19.1 Å². The molecule has 1 heterocycles. The first-order valence-corrected chi connectivity index (χ1v) is 7.46. The van der Waals surface area contributed by atoms with Gasteiger partial charge in [0.15, 0.2) is 5.96 Å². The summed E-state index contributed by atoms with van der Waals surface area (Å²) in [7, 11) is 3.51. The van der Waals surface area contributed by atoms with E-state index in [-0.39, 0.29) is 24.0 Å². The lowest BCUT2D eigenvalue weighted by atomic mass is 10.1. The smallest absolute Gasteiger partial charge is 0.356 e. The molecule has 0 unspecified atom stereocenters. The van der Waals surface area contributed by atoms with Crippen LogP contribution >= 0.6 is 24.0 Å². The molecule has 1 aromatic heterocycles. The molecular weight excluding hydrogens is 446 g/mol. The van der Waals surface area contributed by atoms with Crippen LogP contribution in [0.1, 0.15) is 16.7 Å². The molecule has 0 amide bonds. The Morgan fingerprint density at radius 1 is 1.16 bits per heavy atom. The fourth-order valence-electron chi connectivity index (χ4n) is 2.14. The fourth-order valence-corrected chi connectivity index (χ4v) is 2.14. The first kappa shape index (κ1) is 21.3. The molecule has 0 fully saturated rings. The van der Waals surface area contributed by atoms with Gasteiger partial charge in [-0.3, -0.25) is 9.67 Å². The number of nitrogens with one attached hydrogen (secondary N) is 2. The van der Waals surface area contributed by atoms with Crippen LogP contribution in [-0.4, -0.2) is 29.3 Å². The third kappa shape index (κ3) is 6.92. The molecule has 0 spiro atoms. The second-order valence-corrected chi connectivity index (χ2v) is 5.32. The topological polar surface area (TPSA) is 54.2 Å². The zero-order chi connectivity index (χ0) is 17.6. The van der Waals surface area contributed by atoms with Gasteiger partial charge in [0.1, 0.15) is 0 Å². The van der Waals surface area contributed by atoms with Crippen molar-refractivity contribution >= 4 is 29.9 Å². The molecule has 0 atom stereocenters. The Morgan fingerprint density at radius 2 is 1.84 bits per heavy atom. The molecular formula is C16H21F3IN5. The summed E-state index contributed by atoms with van der Waals surface area (Å²) < 4.78 is 39.3. The van der Waals surface area contributed by atoms with Crippen molar-refractivity contribution in [3.8, 4) is 0 Å². The van der Waals surface area contributed by atoms with Crippen molar-refractivity contribution in [2.75, 3.05) is 13.6 Å². The van der Waals surface area contributed by atoms with Gasteiger partial charge in [0.05, 0.1) is 11.8 Å². The molecule has 0 bridgehead atoms. The van der Waals surface area contributed by atoms with E-state index in [0.29, 0.717) is 19.0 Å². The summed E-state index contributed by atoms with van der Waals surface area (Å²) in [6, 6.07) is 5.07. The van der Waals surface area contributed by atoms with Crippen LogP contribution in [0.3, 0.4) is 0 Å². The number of aromatic nitrogens is 2. The van der Waals surface area contributed by atoms with Gasteiger partial charge in [-0.15, -0.1) is 24.0 Å². The molecule has 0 aliphatic rings. The minimum atomic E-state index is -4.31. The number of hydrogen-bond acceptors (Lipinski definition) is 2. The maximum Gasteiger partial charge on any atom is 0.416 e. The molecule has 138 valence electrons. The number of hydrogen-bond donors (Lipinski definition) is 2. The van der Waals surface area contributed by atoms with Gasteiger partial charge in [0, 0.05) is 33.4 Å². The molecule has 0 aliphatic heterocycles. The van der Waals surface area contributed by atoms with Crippen LogP contribution in [-0.2, 0) is 26.2 Å². The van der Waals surface area contributed by atoms with Gasteiger partial charge in [-0.05, 0) is 29.7 Å². The van der Waals surface area contributed by atoms with Crippen LogP contribution in [0.5, 0.6) is 0 Å². The highest BCUT2D eigenvalue weighted by Gasteiger charge is 2.29. The van der Waals surface area contributed by atoms with Crippen LogP contribution < -0.4 is 10.6 Å². The van der Waals surface area contributed by atoms with Crippen LogP contribution in [0.25, 0.3) is 0 Å². The fraction of sp³-hybridized carbons (Fsp3) is 0.375. The SMILES string of the molecule is CN=C(NCCc1cnn(C)c1)NCc1ccc(C(F)(F)F)cc1.I. The molecule has 0 aliphatic carbocycles. The molecule has 2 N–H and O–H groups in total. The van der Waals surface area contributed by atoms with Crippen LogP contribution in [0.2, 0.25) is 0 Å². The quantitative estimate of drug-likeness (QED) is 0.404. The predicted octanol–water partition coefficient (Wildman–Crippen LogP) is 2.96. The van der Waals surface area contributed by atoms with E-state index in [1.807, 2.05) is 13.2 Å². The first-order chi connectivity index (χ1) is 11.4. The average molecular weight is 467 g/mol. The molecule has 0 saturated carbocycles. The number of alkyl halides is 3. The minimum Gasteiger partial charge on any atom is -0.356 e. The summed E-state index contributed by atoms with van der Waals surface area (Å²) in [5, 5.41) is 10.3. The van der Waals surface area contributed by atoms with Crippen molar-refractivity contribution in [3.63, 3.8) is 0 Å². The monoisotopic (exact) mass is 467 g/mol. The van der Waals surface area contributed by atoms with E-state index in [4.69, 9.17) is 0 Å². The zero-order valence-corrected chi connectivity index (χ0v) is 16.3. The highest BCUT2D eigenvalue weighted by atomic mass is 127. The van der Waals surface area contributed by atoms with Crippen LogP contribution in [0, 0.1) is 0 Å². The van der Waals surface area contributed by atoms with E-state index in [0.717, 1.165) is 29.7 Å². The number of nitrogens with zero attached hydrogens (tertiary/aromatic N) is 3. The van der Waals surface area contributed by atoms with E-state index in [2.05, 4.69) is 20.7 Å². The Hall–Kier alpha value is -1.78. The third-order valence-corrected chi connectivity index (χ3v) is 3.43. The Bertz CT molecular complexity index is 680. The molecule has 0 saturated heterocycles. The minimum absolute atomic E-state index is 0. The van der Waals surface area contributed by atoms with Crippen molar-refractivity contribution in [3.05, 3.63) is 53.3 Å². The lowest BCUT2D eigenvalue weighted by molar-refractivity contribution is -0.137. The van der Waals surface area contributed by atoms with Gasteiger partial charge >= 0.3 is 6.18 Å². The van der Waals surface area contributed by atoms with Crippen molar-refractivity contribution in [1.82, 2.24) is 20.4 Å². The normalized spacial score (nSPS) is 11.8. The molecule has 2 aromatic rings. The lowest BCUT2D eigenvalue weighted by Crippen LogP contribution is -2.37. The standard InChI is InChI=1S/C16H20F3N5.HI/c1-20-15(21-8-7-13-10-23-24(2)11-13)22-9-12-3-5-14(6-4-12)16(17,18)19;/h3-6,10-11H,7-9H2,1-2H3,(H2,20,21,22);1H. The third-order valence-electron chi connectivity index (χ3n) is 3.43. The zero-order valence-electron chi connectivity index (χ0n) is 14.0. The highest BCUT2D eigenvalue weighted by Crippen LogP contribution is 2.28. The van der Waals surface area contributed by atoms with Crippen LogP contribution in [0.4, 0.5) is 13.2 Å². The summed E-state index contributed by atoms with van der Waals surface area (Å²) in [4.78, 5) is 4.09. The number of halogens is 4. The van der Waals surface area contributed by atoms with E-state index in [1.165, 1.54) is 12.1 Å². The van der Waals surface area contributed by atoms with Gasteiger partial charge in [0.2, 0.25) is 0 Å². The van der Waals surface area contributed by atoms with Gasteiger partial charge in [-0.25, -0.2) is 0 Å². The molecule has 9 heteroatoms. The number of benzene rings is 1. The molecule has 25 heavy (non-hydrogen) atoms. The van der Waals surface area contributed by atoms with E-state index in [1.54, 1.807) is 17.9 Å². The Kier molecular flexibility index (Phi) is 8.20. The van der Waals surface area contributed by atoms with Gasteiger partial charge < -0.3 is 10.6 Å². The lowest BCUT2D eigenvalue weighted by Gasteiger charge is -2.12. The molecule has 0 radical (unpaired) electrons. The Labute approximate surface area is 161 Å². The van der Waals surface area contributed by atoms with Gasteiger partial charge in [0.25, 0.3) is 0 Å². The Balaban J connectivity index is 0.00000312. The second-order valence-electron chi connectivity index (χ2n) is 5.32. The highest BCUT2D eigenvalue weighted by molar-refractivity contribution is 14.0. The summed E-state index contributed by atoms with van der Waals surface area (Å²) >= 11 is 0. The largest absolute Gasteiger partial charge is 0.416 e. The first-order valence-electron chi connectivity index (χ1n) is 7.46. The molecule has 2 rings (SSSR count). The van der Waals surface area contributed by atoms with Gasteiger partial charge in [-0.2, -0.15) is 18.3 Å². The van der Waals surface area contributed by atoms with Crippen molar-refractivity contribution < 1.29 is 13.2 Å². The maximum atomic E-state index is 12.5. The Morgan fingerprint density at radius 3 is 2.36 bits per heavy atom. The van der Waals surface area contributed by atoms with Crippen molar-refractivity contribution in [2.24, 2.45) is 12.0 Å². The second kappa shape index (κ2) is 9.64. The van der Waals surface area contributed by atoms with Crippen molar-refractivity contribution in [1.29, 1.82) is 0 Å². The molecule has 1 aromatic carbocycles. The number of rotatable bonds is 5. The summed E-state index contributed by atoms with van der Waals surface area (Å²) in [6.07, 6.45) is 0.241. The van der Waals surface area contributed by atoms with E-state index in [9.17, 15) is 13.2 Å². The molecule has 5 nitrogen and oxygen atoms in total. The van der Waals surface area contributed by atoms with E-state index < -0.39 is 11.7 Å². The number of aliphatic imine (C=N–C) groups is 1. The number of aryl methyl sites for hydroxylation is 1. The predicted molar refractivity (Wildman–Crippen MR) is 102 cm³/mol. The van der Waals surface area contributed by atoms with Crippen LogP contribution in [0.15, 0.2) is 41.7 Å². The van der Waals surface area contributed by atoms with E-state index >= 15 is 0 Å². The summed E-state index contributed by atoms with van der Waals surface area (Å²) in [6.45, 7) is 1.07. The average Bonchev–Trinajstić information content (AvgIpc) is 2.95. The number of guanidine groups is 1. The maximum absolute atomic E-state index is 12.5.